The van der Waals surface area contributed by atoms with Crippen molar-refractivity contribution >= 4 is 23.3 Å². The van der Waals surface area contributed by atoms with Gasteiger partial charge < -0.3 is 15.2 Å². The molecular formula is C17H18ClNO3. The van der Waals surface area contributed by atoms with Gasteiger partial charge in [-0.3, -0.25) is 0 Å². The number of anilines is 1. The van der Waals surface area contributed by atoms with E-state index in [-0.39, 0.29) is 6.61 Å². The number of rotatable bonds is 6. The van der Waals surface area contributed by atoms with Gasteiger partial charge in [-0.2, -0.15) is 0 Å². The molecule has 5 heteroatoms. The molecule has 1 atom stereocenters. The lowest BCUT2D eigenvalue weighted by Gasteiger charge is -2.19. The van der Waals surface area contributed by atoms with E-state index in [1.165, 1.54) is 7.11 Å². The molecule has 0 amide bonds. The minimum atomic E-state index is -0.678. The Balaban J connectivity index is 2.24. The standard InChI is InChI=1S/C17H18ClNO3/c1-22-17(21)16(14-4-2-3-5-15(14)18)19-13-8-6-12(7-9-13)10-11-20/h2-9,16,19-20H,10-11H2,1H3. The zero-order valence-electron chi connectivity index (χ0n) is 12.3. The van der Waals surface area contributed by atoms with E-state index in [2.05, 4.69) is 5.32 Å². The van der Waals surface area contributed by atoms with E-state index in [0.717, 1.165) is 11.3 Å². The van der Waals surface area contributed by atoms with E-state index in [1.54, 1.807) is 12.1 Å². The van der Waals surface area contributed by atoms with Crippen LogP contribution in [0.1, 0.15) is 17.2 Å². The number of esters is 1. The Bertz CT molecular complexity index is 628. The maximum atomic E-state index is 12.1. The number of aliphatic hydroxyl groups is 1. The third kappa shape index (κ3) is 4.00. The van der Waals surface area contributed by atoms with Crippen LogP contribution in [0.15, 0.2) is 48.5 Å². The molecule has 22 heavy (non-hydrogen) atoms. The highest BCUT2D eigenvalue weighted by Crippen LogP contribution is 2.27. The zero-order valence-corrected chi connectivity index (χ0v) is 13.0. The number of hydrogen-bond donors (Lipinski definition) is 2. The second kappa shape index (κ2) is 7.82. The molecule has 2 rings (SSSR count). The third-order valence-electron chi connectivity index (χ3n) is 3.32. The SMILES string of the molecule is COC(=O)C(Nc1ccc(CCO)cc1)c1ccccc1Cl. The average Bonchev–Trinajstić information content (AvgIpc) is 2.54. The van der Waals surface area contributed by atoms with Crippen LogP contribution in [-0.2, 0) is 16.0 Å². The van der Waals surface area contributed by atoms with Crippen molar-refractivity contribution in [2.45, 2.75) is 12.5 Å². The molecule has 0 saturated heterocycles. The molecular weight excluding hydrogens is 302 g/mol. The van der Waals surface area contributed by atoms with Crippen LogP contribution in [0, 0.1) is 0 Å². The fraction of sp³-hybridized carbons (Fsp3) is 0.235. The van der Waals surface area contributed by atoms with Gasteiger partial charge in [0.05, 0.1) is 7.11 Å². The Labute approximate surface area is 134 Å². The first-order valence-electron chi connectivity index (χ1n) is 6.94. The van der Waals surface area contributed by atoms with E-state index in [9.17, 15) is 4.79 Å². The van der Waals surface area contributed by atoms with E-state index >= 15 is 0 Å². The van der Waals surface area contributed by atoms with Crippen LogP contribution < -0.4 is 5.32 Å². The summed E-state index contributed by atoms with van der Waals surface area (Å²) in [6.07, 6.45) is 0.602. The maximum Gasteiger partial charge on any atom is 0.333 e. The lowest BCUT2D eigenvalue weighted by Crippen LogP contribution is -2.22. The highest BCUT2D eigenvalue weighted by molar-refractivity contribution is 6.31. The molecule has 0 aliphatic heterocycles. The van der Waals surface area contributed by atoms with Crippen molar-refractivity contribution in [3.8, 4) is 0 Å². The van der Waals surface area contributed by atoms with Crippen molar-refractivity contribution in [2.24, 2.45) is 0 Å². The number of hydrogen-bond acceptors (Lipinski definition) is 4. The molecule has 4 nitrogen and oxygen atoms in total. The van der Waals surface area contributed by atoms with Crippen molar-refractivity contribution in [3.05, 3.63) is 64.7 Å². The number of halogens is 1. The normalized spacial score (nSPS) is 11.8. The van der Waals surface area contributed by atoms with Crippen molar-refractivity contribution < 1.29 is 14.6 Å². The monoisotopic (exact) mass is 319 g/mol. The van der Waals surface area contributed by atoms with E-state index in [0.29, 0.717) is 17.0 Å². The van der Waals surface area contributed by atoms with Crippen LogP contribution in [0.3, 0.4) is 0 Å². The number of aliphatic hydroxyl groups excluding tert-OH is 1. The third-order valence-corrected chi connectivity index (χ3v) is 3.66. The Morgan fingerprint density at radius 1 is 1.23 bits per heavy atom. The van der Waals surface area contributed by atoms with Crippen molar-refractivity contribution in [2.75, 3.05) is 19.0 Å². The molecule has 0 heterocycles. The summed E-state index contributed by atoms with van der Waals surface area (Å²) < 4.78 is 4.86. The van der Waals surface area contributed by atoms with Crippen LogP contribution >= 0.6 is 11.6 Å². The van der Waals surface area contributed by atoms with Gasteiger partial charge in [0.15, 0.2) is 6.04 Å². The quantitative estimate of drug-likeness (QED) is 0.803. The molecule has 2 aromatic rings. The molecule has 2 aromatic carbocycles. The van der Waals surface area contributed by atoms with Gasteiger partial charge in [0.2, 0.25) is 0 Å². The summed E-state index contributed by atoms with van der Waals surface area (Å²) in [4.78, 5) is 12.1. The first-order valence-corrected chi connectivity index (χ1v) is 7.32. The number of methoxy groups -OCH3 is 1. The number of ether oxygens (including phenoxy) is 1. The summed E-state index contributed by atoms with van der Waals surface area (Å²) in [5, 5.41) is 12.6. The van der Waals surface area contributed by atoms with Crippen LogP contribution in [-0.4, -0.2) is 24.8 Å². The lowest BCUT2D eigenvalue weighted by molar-refractivity contribution is -0.141. The van der Waals surface area contributed by atoms with Crippen LogP contribution in [0.4, 0.5) is 5.69 Å². The van der Waals surface area contributed by atoms with Gasteiger partial charge in [0, 0.05) is 22.9 Å². The van der Waals surface area contributed by atoms with Crippen LogP contribution in [0.25, 0.3) is 0 Å². The Kier molecular flexibility index (Phi) is 5.81. The first-order chi connectivity index (χ1) is 10.7. The van der Waals surface area contributed by atoms with Gasteiger partial charge in [-0.25, -0.2) is 4.79 Å². The molecule has 0 aliphatic rings. The van der Waals surface area contributed by atoms with E-state index < -0.39 is 12.0 Å². The van der Waals surface area contributed by atoms with Gasteiger partial charge in [0.25, 0.3) is 0 Å². The Morgan fingerprint density at radius 3 is 2.50 bits per heavy atom. The summed E-state index contributed by atoms with van der Waals surface area (Å²) in [6.45, 7) is 0.108. The smallest absolute Gasteiger partial charge is 0.333 e. The van der Waals surface area contributed by atoms with Crippen LogP contribution in [0.5, 0.6) is 0 Å². The summed E-state index contributed by atoms with van der Waals surface area (Å²) >= 11 is 6.18. The number of benzene rings is 2. The van der Waals surface area contributed by atoms with Crippen molar-refractivity contribution in [1.82, 2.24) is 0 Å². The van der Waals surface area contributed by atoms with E-state index in [4.69, 9.17) is 21.4 Å². The second-order valence-corrected chi connectivity index (χ2v) is 5.20. The number of carbonyl (C=O) groups is 1. The number of carbonyl (C=O) groups excluding carboxylic acids is 1. The predicted octanol–water partition coefficient (Wildman–Crippen LogP) is 3.20. The molecule has 2 N–H and O–H groups in total. The summed E-state index contributed by atoms with van der Waals surface area (Å²) in [5.41, 5.74) is 2.47. The molecule has 0 spiro atoms. The zero-order chi connectivity index (χ0) is 15.9. The van der Waals surface area contributed by atoms with Gasteiger partial charge in [-0.05, 0) is 30.2 Å². The predicted molar refractivity (Wildman–Crippen MR) is 87.1 cm³/mol. The highest BCUT2D eigenvalue weighted by Gasteiger charge is 2.23. The fourth-order valence-electron chi connectivity index (χ4n) is 2.15. The van der Waals surface area contributed by atoms with Gasteiger partial charge in [0.1, 0.15) is 0 Å². The Hall–Kier alpha value is -2.04. The largest absolute Gasteiger partial charge is 0.467 e. The van der Waals surface area contributed by atoms with Gasteiger partial charge in [-0.1, -0.05) is 41.9 Å². The minimum Gasteiger partial charge on any atom is -0.467 e. The summed E-state index contributed by atoms with van der Waals surface area (Å²) in [7, 11) is 1.35. The van der Waals surface area contributed by atoms with Crippen molar-refractivity contribution in [1.29, 1.82) is 0 Å². The molecule has 1 unspecified atom stereocenters. The molecule has 0 bridgehead atoms. The summed E-state index contributed by atoms with van der Waals surface area (Å²) in [5.74, 6) is -0.410. The topological polar surface area (TPSA) is 58.6 Å². The first kappa shape index (κ1) is 16.3. The van der Waals surface area contributed by atoms with Gasteiger partial charge in [-0.15, -0.1) is 0 Å². The molecule has 0 saturated carbocycles. The summed E-state index contributed by atoms with van der Waals surface area (Å²) in [6, 6.07) is 14.0. The minimum absolute atomic E-state index is 0.108. The molecule has 0 aliphatic carbocycles. The molecule has 0 fully saturated rings. The van der Waals surface area contributed by atoms with Crippen LogP contribution in [0.2, 0.25) is 5.02 Å². The molecule has 0 radical (unpaired) electrons. The second-order valence-electron chi connectivity index (χ2n) is 4.79. The lowest BCUT2D eigenvalue weighted by atomic mass is 10.1. The Morgan fingerprint density at radius 2 is 1.91 bits per heavy atom. The van der Waals surface area contributed by atoms with E-state index in [1.807, 2.05) is 36.4 Å². The average molecular weight is 320 g/mol. The fourth-order valence-corrected chi connectivity index (χ4v) is 2.40. The van der Waals surface area contributed by atoms with Crippen molar-refractivity contribution in [3.63, 3.8) is 0 Å². The van der Waals surface area contributed by atoms with Gasteiger partial charge >= 0.3 is 5.97 Å². The highest BCUT2D eigenvalue weighted by atomic mass is 35.5. The maximum absolute atomic E-state index is 12.1. The number of nitrogens with one attached hydrogen (secondary N) is 1. The molecule has 116 valence electrons. The molecule has 0 aromatic heterocycles.